The topological polar surface area (TPSA) is 55.4 Å². The van der Waals surface area contributed by atoms with Crippen molar-refractivity contribution in [3.05, 3.63) is 52.0 Å². The van der Waals surface area contributed by atoms with E-state index >= 15 is 0 Å². The average molecular weight is 391 g/mol. The molecule has 0 aliphatic rings. The minimum atomic E-state index is -3.74. The van der Waals surface area contributed by atoms with Gasteiger partial charge in [-0.25, -0.2) is 8.42 Å². The van der Waals surface area contributed by atoms with Crippen molar-refractivity contribution in [2.24, 2.45) is 0 Å². The third-order valence-electron chi connectivity index (χ3n) is 2.61. The van der Waals surface area contributed by atoms with Gasteiger partial charge in [0, 0.05) is 9.50 Å². The molecule has 0 saturated heterocycles. The third-order valence-corrected chi connectivity index (χ3v) is 5.22. The lowest BCUT2D eigenvalue weighted by atomic mass is 10.3. The number of hydrogen-bond donors (Lipinski definition) is 1. The van der Waals surface area contributed by atoms with Crippen LogP contribution in [-0.2, 0) is 10.0 Å². The van der Waals surface area contributed by atoms with Crippen molar-refractivity contribution < 1.29 is 13.2 Å². The summed E-state index contributed by atoms with van der Waals surface area (Å²) in [6.07, 6.45) is 0. The van der Waals surface area contributed by atoms with Crippen molar-refractivity contribution in [2.75, 3.05) is 11.3 Å². The first-order valence-electron chi connectivity index (χ1n) is 6.13. The molecule has 2 aromatic rings. The third kappa shape index (κ3) is 3.90. The van der Waals surface area contributed by atoms with Crippen LogP contribution in [0.5, 0.6) is 5.75 Å². The first kappa shape index (κ1) is 16.1. The van der Waals surface area contributed by atoms with Crippen LogP contribution in [0.25, 0.3) is 0 Å². The largest absolute Gasteiger partial charge is 0.492 e. The molecule has 0 atom stereocenters. The molecule has 4 nitrogen and oxygen atoms in total. The summed E-state index contributed by atoms with van der Waals surface area (Å²) in [5, 5.41) is 0.420. The summed E-state index contributed by atoms with van der Waals surface area (Å²) in [5.74, 6) is 0.428. The molecule has 0 aromatic heterocycles. The van der Waals surface area contributed by atoms with Crippen molar-refractivity contribution in [1.82, 2.24) is 0 Å². The highest BCUT2D eigenvalue weighted by Crippen LogP contribution is 2.31. The van der Waals surface area contributed by atoms with E-state index in [1.165, 1.54) is 12.1 Å². The molecule has 0 saturated carbocycles. The SMILES string of the molecule is CCOc1ccc(Cl)cc1NS(=O)(=O)c1ccccc1Br. The maximum atomic E-state index is 12.5. The zero-order chi connectivity index (χ0) is 15.5. The predicted octanol–water partition coefficient (Wildman–Crippen LogP) is 4.30. The molecule has 0 aliphatic heterocycles. The second-order valence-corrected chi connectivity index (χ2v) is 7.05. The summed E-state index contributed by atoms with van der Waals surface area (Å²) in [6.45, 7) is 2.24. The van der Waals surface area contributed by atoms with Gasteiger partial charge in [-0.2, -0.15) is 0 Å². The summed E-state index contributed by atoms with van der Waals surface area (Å²) >= 11 is 9.16. The maximum Gasteiger partial charge on any atom is 0.263 e. The Bertz CT molecular complexity index is 750. The highest BCUT2D eigenvalue weighted by molar-refractivity contribution is 9.10. The van der Waals surface area contributed by atoms with E-state index in [4.69, 9.17) is 16.3 Å². The summed E-state index contributed by atoms with van der Waals surface area (Å²) < 4.78 is 33.3. The van der Waals surface area contributed by atoms with E-state index < -0.39 is 10.0 Å². The van der Waals surface area contributed by atoms with Crippen molar-refractivity contribution in [3.63, 3.8) is 0 Å². The van der Waals surface area contributed by atoms with Crippen molar-refractivity contribution in [2.45, 2.75) is 11.8 Å². The first-order valence-corrected chi connectivity index (χ1v) is 8.79. The minimum Gasteiger partial charge on any atom is -0.492 e. The number of rotatable bonds is 5. The van der Waals surface area contributed by atoms with Crippen molar-refractivity contribution >= 4 is 43.2 Å². The van der Waals surface area contributed by atoms with Gasteiger partial charge in [0.05, 0.1) is 12.3 Å². The molecule has 0 bridgehead atoms. The zero-order valence-corrected chi connectivity index (χ0v) is 14.3. The molecule has 0 unspecified atom stereocenters. The van der Waals surface area contributed by atoms with Gasteiger partial charge in [-0.3, -0.25) is 4.72 Å². The number of anilines is 1. The molecule has 2 aromatic carbocycles. The lowest BCUT2D eigenvalue weighted by Gasteiger charge is -2.14. The minimum absolute atomic E-state index is 0.146. The number of hydrogen-bond acceptors (Lipinski definition) is 3. The summed E-state index contributed by atoms with van der Waals surface area (Å²) in [6, 6.07) is 11.4. The number of halogens is 2. The van der Waals surface area contributed by atoms with Crippen molar-refractivity contribution in [1.29, 1.82) is 0 Å². The van der Waals surface area contributed by atoms with Gasteiger partial charge < -0.3 is 4.74 Å². The van der Waals surface area contributed by atoms with Gasteiger partial charge in [0.25, 0.3) is 10.0 Å². The van der Waals surface area contributed by atoms with Crippen LogP contribution in [0.3, 0.4) is 0 Å². The zero-order valence-electron chi connectivity index (χ0n) is 11.1. The molecular weight excluding hydrogens is 378 g/mol. The molecule has 0 fully saturated rings. The van der Waals surface area contributed by atoms with E-state index in [1.807, 2.05) is 6.92 Å². The first-order chi connectivity index (χ1) is 9.94. The van der Waals surface area contributed by atoms with Gasteiger partial charge in [-0.15, -0.1) is 0 Å². The Morgan fingerprint density at radius 1 is 1.24 bits per heavy atom. The van der Waals surface area contributed by atoms with Crippen LogP contribution >= 0.6 is 27.5 Å². The molecule has 0 aliphatic carbocycles. The number of ether oxygens (including phenoxy) is 1. The normalized spacial score (nSPS) is 11.2. The number of sulfonamides is 1. The highest BCUT2D eigenvalue weighted by Gasteiger charge is 2.19. The van der Waals surface area contributed by atoms with Gasteiger partial charge in [0.2, 0.25) is 0 Å². The molecule has 0 amide bonds. The monoisotopic (exact) mass is 389 g/mol. The van der Waals surface area contributed by atoms with Gasteiger partial charge in [0.1, 0.15) is 10.6 Å². The van der Waals surface area contributed by atoms with Gasteiger partial charge in [-0.05, 0) is 53.2 Å². The second-order valence-electron chi connectivity index (χ2n) is 4.11. The summed E-state index contributed by atoms with van der Waals surface area (Å²) in [5.41, 5.74) is 0.306. The number of benzene rings is 2. The Hall–Kier alpha value is -1.24. The fraction of sp³-hybridized carbons (Fsp3) is 0.143. The molecule has 2 rings (SSSR count). The van der Waals surface area contributed by atoms with Crippen LogP contribution in [0.1, 0.15) is 6.92 Å². The van der Waals surface area contributed by atoms with E-state index in [2.05, 4.69) is 20.7 Å². The van der Waals surface area contributed by atoms with Gasteiger partial charge in [0.15, 0.2) is 0 Å². The predicted molar refractivity (Wildman–Crippen MR) is 87.6 cm³/mol. The second kappa shape index (κ2) is 6.68. The van der Waals surface area contributed by atoms with E-state index in [-0.39, 0.29) is 4.90 Å². The van der Waals surface area contributed by atoms with Crippen molar-refractivity contribution in [3.8, 4) is 5.75 Å². The lowest BCUT2D eigenvalue weighted by Crippen LogP contribution is -2.14. The fourth-order valence-corrected chi connectivity index (χ4v) is 3.96. The summed E-state index contributed by atoms with van der Waals surface area (Å²) in [4.78, 5) is 0.146. The Balaban J connectivity index is 2.41. The van der Waals surface area contributed by atoms with Crippen LogP contribution in [0.15, 0.2) is 51.8 Å². The van der Waals surface area contributed by atoms with E-state index in [1.54, 1.807) is 30.3 Å². The van der Waals surface area contributed by atoms with Crippen LogP contribution < -0.4 is 9.46 Å². The van der Waals surface area contributed by atoms with E-state index in [9.17, 15) is 8.42 Å². The molecule has 0 spiro atoms. The van der Waals surface area contributed by atoms with Gasteiger partial charge >= 0.3 is 0 Å². The average Bonchev–Trinajstić information content (AvgIpc) is 2.42. The molecule has 1 N–H and O–H groups in total. The number of nitrogens with one attached hydrogen (secondary N) is 1. The quantitative estimate of drug-likeness (QED) is 0.828. The Morgan fingerprint density at radius 2 is 1.95 bits per heavy atom. The molecular formula is C14H13BrClNO3S. The highest BCUT2D eigenvalue weighted by atomic mass is 79.9. The lowest BCUT2D eigenvalue weighted by molar-refractivity contribution is 0.342. The Morgan fingerprint density at radius 3 is 2.62 bits per heavy atom. The smallest absolute Gasteiger partial charge is 0.263 e. The fourth-order valence-electron chi connectivity index (χ4n) is 1.73. The Kier molecular flexibility index (Phi) is 5.13. The van der Waals surface area contributed by atoms with Crippen LogP contribution in [-0.4, -0.2) is 15.0 Å². The van der Waals surface area contributed by atoms with Crippen LogP contribution in [0.4, 0.5) is 5.69 Å². The van der Waals surface area contributed by atoms with Crippen LogP contribution in [0, 0.1) is 0 Å². The molecule has 7 heteroatoms. The van der Waals surface area contributed by atoms with Gasteiger partial charge in [-0.1, -0.05) is 23.7 Å². The van der Waals surface area contributed by atoms with E-state index in [0.717, 1.165) is 0 Å². The summed E-state index contributed by atoms with van der Waals surface area (Å²) in [7, 11) is -3.74. The Labute approximate surface area is 137 Å². The molecule has 0 heterocycles. The molecule has 0 radical (unpaired) electrons. The van der Waals surface area contributed by atoms with E-state index in [0.29, 0.717) is 27.5 Å². The van der Waals surface area contributed by atoms with Crippen LogP contribution in [0.2, 0.25) is 5.02 Å². The molecule has 112 valence electrons. The standard InChI is InChI=1S/C14H13BrClNO3S/c1-2-20-13-8-7-10(16)9-12(13)17-21(18,19)14-6-4-3-5-11(14)15/h3-9,17H,2H2,1H3. The molecule has 21 heavy (non-hydrogen) atoms. The maximum absolute atomic E-state index is 12.5.